The normalized spacial score (nSPS) is 29.1. The van der Waals surface area contributed by atoms with E-state index >= 15 is 0 Å². The molecule has 2 aliphatic rings. The first-order valence-electron chi connectivity index (χ1n) is 7.84. The molecule has 0 spiro atoms. The number of carboxylic acid groups (broad SMARTS) is 1. The van der Waals surface area contributed by atoms with Crippen molar-refractivity contribution in [3.63, 3.8) is 0 Å². The zero-order valence-corrected chi connectivity index (χ0v) is 12.3. The fraction of sp³-hybridized carbons (Fsp3) is 0.867. The number of aliphatic carboxylic acids is 1. The fourth-order valence-corrected chi connectivity index (χ4v) is 3.44. The molecule has 1 saturated heterocycles. The number of hydrogen-bond donors (Lipinski definition) is 2. The molecule has 1 aliphatic heterocycles. The molecule has 20 heavy (non-hydrogen) atoms. The summed E-state index contributed by atoms with van der Waals surface area (Å²) in [6.07, 6.45) is 5.97. The average molecular weight is 282 g/mol. The maximum atomic E-state index is 12.2. The minimum atomic E-state index is -0.827. The Morgan fingerprint density at radius 2 is 1.80 bits per heavy atom. The number of rotatable bonds is 5. The quantitative estimate of drug-likeness (QED) is 0.801. The van der Waals surface area contributed by atoms with Crippen LogP contribution in [0.1, 0.15) is 45.4 Å². The Labute approximate surface area is 120 Å². The summed E-state index contributed by atoms with van der Waals surface area (Å²) in [6, 6.07) is 0.337. The van der Waals surface area contributed by atoms with Gasteiger partial charge in [-0.15, -0.1) is 0 Å². The third kappa shape index (κ3) is 3.72. The van der Waals surface area contributed by atoms with Crippen LogP contribution in [-0.4, -0.2) is 47.6 Å². The number of hydrogen-bond acceptors (Lipinski definition) is 3. The number of piperidine rings is 1. The van der Waals surface area contributed by atoms with E-state index in [2.05, 4.69) is 17.1 Å². The summed E-state index contributed by atoms with van der Waals surface area (Å²) in [4.78, 5) is 25.7. The Bertz CT molecular complexity index is 353. The predicted molar refractivity (Wildman–Crippen MR) is 76.4 cm³/mol. The molecule has 0 radical (unpaired) electrons. The zero-order chi connectivity index (χ0) is 14.5. The summed E-state index contributed by atoms with van der Waals surface area (Å²) in [5.41, 5.74) is 0. The lowest BCUT2D eigenvalue weighted by atomic mass is 9.95. The van der Waals surface area contributed by atoms with Crippen LogP contribution in [0.5, 0.6) is 0 Å². The summed E-state index contributed by atoms with van der Waals surface area (Å²) in [6.45, 7) is 4.98. The van der Waals surface area contributed by atoms with E-state index in [1.54, 1.807) is 0 Å². The van der Waals surface area contributed by atoms with Crippen LogP contribution in [0.4, 0.5) is 0 Å². The van der Waals surface area contributed by atoms with Crippen molar-refractivity contribution in [2.45, 2.75) is 51.5 Å². The van der Waals surface area contributed by atoms with Gasteiger partial charge in [-0.05, 0) is 45.7 Å². The summed E-state index contributed by atoms with van der Waals surface area (Å²) in [5, 5.41) is 12.1. The molecule has 0 aromatic heterocycles. The molecule has 1 heterocycles. The molecule has 1 saturated carbocycles. The van der Waals surface area contributed by atoms with Crippen molar-refractivity contribution in [3.8, 4) is 0 Å². The van der Waals surface area contributed by atoms with Crippen LogP contribution in [0.15, 0.2) is 0 Å². The topological polar surface area (TPSA) is 69.6 Å². The standard InChI is InChI=1S/C15H26N2O3/c1-11(17-8-3-2-4-9-17)10-16-14(18)12-6-5-7-13(12)15(19)20/h11-13H,2-10H2,1H3,(H,16,18)(H,19,20). The third-order valence-corrected chi connectivity index (χ3v) is 4.76. The summed E-state index contributed by atoms with van der Waals surface area (Å²) in [7, 11) is 0. The van der Waals surface area contributed by atoms with E-state index in [1.807, 2.05) is 0 Å². The second kappa shape index (κ2) is 7.07. The largest absolute Gasteiger partial charge is 0.481 e. The van der Waals surface area contributed by atoms with Gasteiger partial charge in [0.2, 0.25) is 5.91 Å². The highest BCUT2D eigenvalue weighted by atomic mass is 16.4. The van der Waals surface area contributed by atoms with E-state index in [1.165, 1.54) is 19.3 Å². The first kappa shape index (κ1) is 15.3. The predicted octanol–water partition coefficient (Wildman–Crippen LogP) is 1.48. The Kier molecular flexibility index (Phi) is 5.40. The molecule has 2 fully saturated rings. The Hall–Kier alpha value is -1.10. The number of carbonyl (C=O) groups excluding carboxylic acids is 1. The minimum Gasteiger partial charge on any atom is -0.481 e. The van der Waals surface area contributed by atoms with E-state index in [0.717, 1.165) is 19.5 Å². The molecule has 3 atom stereocenters. The van der Waals surface area contributed by atoms with Gasteiger partial charge >= 0.3 is 5.97 Å². The van der Waals surface area contributed by atoms with E-state index < -0.39 is 11.9 Å². The number of likely N-dealkylation sites (tertiary alicyclic amines) is 1. The van der Waals surface area contributed by atoms with Crippen LogP contribution in [-0.2, 0) is 9.59 Å². The van der Waals surface area contributed by atoms with E-state index in [-0.39, 0.29) is 11.8 Å². The number of nitrogens with one attached hydrogen (secondary N) is 1. The smallest absolute Gasteiger partial charge is 0.307 e. The van der Waals surface area contributed by atoms with E-state index in [4.69, 9.17) is 5.11 Å². The molecular formula is C15H26N2O3. The van der Waals surface area contributed by atoms with Crippen molar-refractivity contribution < 1.29 is 14.7 Å². The lowest BCUT2D eigenvalue weighted by Crippen LogP contribution is -2.46. The Balaban J connectivity index is 1.78. The molecular weight excluding hydrogens is 256 g/mol. The Morgan fingerprint density at radius 3 is 2.45 bits per heavy atom. The third-order valence-electron chi connectivity index (χ3n) is 4.76. The van der Waals surface area contributed by atoms with Crippen molar-refractivity contribution >= 4 is 11.9 Å². The number of amides is 1. The SMILES string of the molecule is CC(CNC(=O)C1CCCC1C(=O)O)N1CCCCC1. The van der Waals surface area contributed by atoms with E-state index in [9.17, 15) is 9.59 Å². The van der Waals surface area contributed by atoms with Gasteiger partial charge in [0.1, 0.15) is 0 Å². The second-order valence-electron chi connectivity index (χ2n) is 6.17. The highest BCUT2D eigenvalue weighted by Gasteiger charge is 2.37. The van der Waals surface area contributed by atoms with Gasteiger partial charge in [-0.25, -0.2) is 0 Å². The number of carbonyl (C=O) groups is 2. The molecule has 5 heteroatoms. The van der Waals surface area contributed by atoms with Crippen LogP contribution >= 0.6 is 0 Å². The zero-order valence-electron chi connectivity index (χ0n) is 12.3. The minimum absolute atomic E-state index is 0.0706. The summed E-state index contributed by atoms with van der Waals surface area (Å²) >= 11 is 0. The van der Waals surface area contributed by atoms with Gasteiger partial charge in [0, 0.05) is 12.6 Å². The van der Waals surface area contributed by atoms with Gasteiger partial charge < -0.3 is 10.4 Å². The molecule has 0 bridgehead atoms. The van der Waals surface area contributed by atoms with Gasteiger partial charge in [0.25, 0.3) is 0 Å². The maximum absolute atomic E-state index is 12.2. The van der Waals surface area contributed by atoms with Crippen molar-refractivity contribution in [1.29, 1.82) is 0 Å². The second-order valence-corrected chi connectivity index (χ2v) is 6.17. The molecule has 0 aromatic carbocycles. The molecule has 0 aromatic rings. The molecule has 3 unspecified atom stereocenters. The monoisotopic (exact) mass is 282 g/mol. The van der Waals surface area contributed by atoms with Gasteiger partial charge in [-0.3, -0.25) is 14.5 Å². The van der Waals surface area contributed by atoms with Gasteiger partial charge in [-0.1, -0.05) is 12.8 Å². The highest BCUT2D eigenvalue weighted by molar-refractivity contribution is 5.85. The van der Waals surface area contributed by atoms with Crippen molar-refractivity contribution in [2.75, 3.05) is 19.6 Å². The first-order valence-corrected chi connectivity index (χ1v) is 7.84. The summed E-state index contributed by atoms with van der Waals surface area (Å²) < 4.78 is 0. The summed E-state index contributed by atoms with van der Waals surface area (Å²) in [5.74, 6) is -1.72. The maximum Gasteiger partial charge on any atom is 0.307 e. The molecule has 1 amide bonds. The van der Waals surface area contributed by atoms with Crippen molar-refractivity contribution in [1.82, 2.24) is 10.2 Å². The lowest BCUT2D eigenvalue weighted by Gasteiger charge is -2.32. The molecule has 2 N–H and O–H groups in total. The van der Waals surface area contributed by atoms with Gasteiger partial charge in [0.05, 0.1) is 11.8 Å². The van der Waals surface area contributed by atoms with Crippen LogP contribution < -0.4 is 5.32 Å². The van der Waals surface area contributed by atoms with Crippen LogP contribution in [0.25, 0.3) is 0 Å². The molecule has 5 nitrogen and oxygen atoms in total. The first-order chi connectivity index (χ1) is 9.59. The number of nitrogens with zero attached hydrogens (tertiary/aromatic N) is 1. The van der Waals surface area contributed by atoms with Crippen molar-refractivity contribution in [2.24, 2.45) is 11.8 Å². The van der Waals surface area contributed by atoms with Crippen LogP contribution in [0, 0.1) is 11.8 Å². The van der Waals surface area contributed by atoms with Crippen molar-refractivity contribution in [3.05, 3.63) is 0 Å². The van der Waals surface area contributed by atoms with Gasteiger partial charge in [-0.2, -0.15) is 0 Å². The molecule has 114 valence electrons. The lowest BCUT2D eigenvalue weighted by molar-refractivity contribution is -0.146. The molecule has 1 aliphatic carbocycles. The van der Waals surface area contributed by atoms with Crippen LogP contribution in [0.2, 0.25) is 0 Å². The highest BCUT2D eigenvalue weighted by Crippen LogP contribution is 2.32. The molecule has 2 rings (SSSR count). The Morgan fingerprint density at radius 1 is 1.15 bits per heavy atom. The average Bonchev–Trinajstić information content (AvgIpc) is 2.95. The number of carboxylic acids is 1. The van der Waals surface area contributed by atoms with Gasteiger partial charge in [0.15, 0.2) is 0 Å². The van der Waals surface area contributed by atoms with Crippen LogP contribution in [0.3, 0.4) is 0 Å². The fourth-order valence-electron chi connectivity index (χ4n) is 3.44. The van der Waals surface area contributed by atoms with E-state index in [0.29, 0.717) is 25.4 Å².